The maximum Gasteiger partial charge on any atom is 0.405 e. The van der Waals surface area contributed by atoms with Crippen molar-refractivity contribution in [3.05, 3.63) is 66.1 Å². The number of carbonyl (C=O) groups excluding carboxylic acids is 2. The van der Waals surface area contributed by atoms with E-state index in [1.807, 2.05) is 16.9 Å². The molecule has 1 amide bonds. The van der Waals surface area contributed by atoms with Crippen molar-refractivity contribution >= 4 is 45.7 Å². The highest BCUT2D eigenvalue weighted by molar-refractivity contribution is 6.07. The highest BCUT2D eigenvalue weighted by atomic mass is 19.4. The number of rotatable bonds is 6. The Bertz CT molecular complexity index is 1700. The lowest BCUT2D eigenvalue weighted by Crippen LogP contribution is -2.33. The minimum atomic E-state index is -4.56. The minimum absolute atomic E-state index is 0.0289. The zero-order chi connectivity index (χ0) is 27.2. The molecular formula is C25H21F3N8O2. The molecule has 0 aliphatic heterocycles. The van der Waals surface area contributed by atoms with E-state index < -0.39 is 18.6 Å². The molecule has 0 radical (unpaired) electrons. The molecule has 3 heterocycles. The fourth-order valence-electron chi connectivity index (χ4n) is 4.14. The summed E-state index contributed by atoms with van der Waals surface area (Å²) in [6, 6.07) is 12.1. The average molecular weight is 522 g/mol. The molecule has 0 saturated carbocycles. The van der Waals surface area contributed by atoms with Crippen LogP contribution in [0.25, 0.3) is 27.7 Å². The third-order valence-electron chi connectivity index (χ3n) is 6.01. The van der Waals surface area contributed by atoms with E-state index in [0.717, 1.165) is 5.52 Å². The van der Waals surface area contributed by atoms with Crippen molar-refractivity contribution in [2.45, 2.75) is 13.1 Å². The van der Waals surface area contributed by atoms with Crippen LogP contribution in [0.3, 0.4) is 0 Å². The standard InChI is InChI=1S/C25H21F3N8O2/c1-13(37)15-5-8-18-19(9-15)35(2)24(34-18)33-16-6-3-14(4-7-16)20-17(23(38)30-11-25(26,27)28)10-36-21(20)22(29)31-12-32-36/h3-10,12H,11H2,1-2H3,(H,30,38)(H,33,34)(H2,29,31,32). The van der Waals surface area contributed by atoms with Gasteiger partial charge < -0.3 is 20.9 Å². The van der Waals surface area contributed by atoms with E-state index in [2.05, 4.69) is 20.4 Å². The Morgan fingerprint density at radius 3 is 2.53 bits per heavy atom. The van der Waals surface area contributed by atoms with Crippen LogP contribution >= 0.6 is 0 Å². The van der Waals surface area contributed by atoms with Gasteiger partial charge in [-0.3, -0.25) is 9.59 Å². The highest BCUT2D eigenvalue weighted by Gasteiger charge is 2.29. The largest absolute Gasteiger partial charge is 0.405 e. The van der Waals surface area contributed by atoms with Crippen LogP contribution in [0.1, 0.15) is 27.6 Å². The van der Waals surface area contributed by atoms with Crippen molar-refractivity contribution in [1.82, 2.24) is 29.5 Å². The number of nitrogens with zero attached hydrogens (tertiary/aromatic N) is 5. The van der Waals surface area contributed by atoms with E-state index in [-0.39, 0.29) is 17.2 Å². The molecule has 4 N–H and O–H groups in total. The van der Waals surface area contributed by atoms with Gasteiger partial charge in [-0.05, 0) is 42.8 Å². The van der Waals surface area contributed by atoms with Crippen LogP contribution in [0.5, 0.6) is 0 Å². The SMILES string of the molecule is CC(=O)c1ccc2nc(Nc3ccc(-c4c(C(=O)NCC(F)(F)F)cn5ncnc(N)c45)cc3)n(C)c2c1. The first-order valence-corrected chi connectivity index (χ1v) is 11.3. The molecule has 2 aromatic carbocycles. The number of nitrogens with two attached hydrogens (primary N) is 1. The minimum Gasteiger partial charge on any atom is -0.382 e. The van der Waals surface area contributed by atoms with Crippen LogP contribution in [-0.2, 0) is 7.05 Å². The van der Waals surface area contributed by atoms with E-state index in [9.17, 15) is 22.8 Å². The monoisotopic (exact) mass is 522 g/mol. The molecule has 10 nitrogen and oxygen atoms in total. The number of fused-ring (bicyclic) bond motifs is 2. The summed E-state index contributed by atoms with van der Waals surface area (Å²) in [4.78, 5) is 33.0. The van der Waals surface area contributed by atoms with Gasteiger partial charge in [-0.15, -0.1) is 0 Å². The summed E-state index contributed by atoms with van der Waals surface area (Å²) in [5, 5.41) is 9.15. The highest BCUT2D eigenvalue weighted by Crippen LogP contribution is 2.34. The van der Waals surface area contributed by atoms with Gasteiger partial charge in [0.15, 0.2) is 11.6 Å². The quantitative estimate of drug-likeness (QED) is 0.286. The number of Topliss-reactive ketones (excluding diaryl/α,β-unsaturated/α-hetero) is 1. The number of benzene rings is 2. The van der Waals surface area contributed by atoms with E-state index in [1.165, 1.54) is 24.0 Å². The summed E-state index contributed by atoms with van der Waals surface area (Å²) < 4.78 is 41.2. The van der Waals surface area contributed by atoms with Gasteiger partial charge in [0.05, 0.1) is 16.6 Å². The number of aromatic nitrogens is 5. The maximum atomic E-state index is 12.7. The molecule has 0 unspecified atom stereocenters. The number of amides is 1. The van der Waals surface area contributed by atoms with Crippen molar-refractivity contribution in [2.75, 3.05) is 17.6 Å². The van der Waals surface area contributed by atoms with Crippen LogP contribution in [0.15, 0.2) is 55.0 Å². The first-order chi connectivity index (χ1) is 18.0. The van der Waals surface area contributed by atoms with Crippen LogP contribution in [0.4, 0.5) is 30.6 Å². The topological polar surface area (TPSA) is 132 Å². The van der Waals surface area contributed by atoms with Crippen molar-refractivity contribution in [3.63, 3.8) is 0 Å². The molecule has 0 fully saturated rings. The Morgan fingerprint density at radius 2 is 1.84 bits per heavy atom. The molecule has 0 saturated heterocycles. The number of ketones is 1. The van der Waals surface area contributed by atoms with Crippen LogP contribution in [-0.4, -0.2) is 48.6 Å². The number of aryl methyl sites for hydroxylation is 1. The number of hydrogen-bond donors (Lipinski definition) is 3. The number of hydrogen-bond acceptors (Lipinski definition) is 7. The van der Waals surface area contributed by atoms with Crippen LogP contribution in [0, 0.1) is 0 Å². The fourth-order valence-corrected chi connectivity index (χ4v) is 4.14. The molecule has 0 aliphatic carbocycles. The second kappa shape index (κ2) is 9.18. The number of carbonyl (C=O) groups is 2. The predicted octanol–water partition coefficient (Wildman–Crippen LogP) is 4.10. The number of nitrogens with one attached hydrogen (secondary N) is 2. The van der Waals surface area contributed by atoms with E-state index in [4.69, 9.17) is 5.73 Å². The summed E-state index contributed by atoms with van der Waals surface area (Å²) in [7, 11) is 1.82. The summed E-state index contributed by atoms with van der Waals surface area (Å²) >= 11 is 0. The van der Waals surface area contributed by atoms with Gasteiger partial charge in [-0.1, -0.05) is 12.1 Å². The van der Waals surface area contributed by atoms with Crippen molar-refractivity contribution in [1.29, 1.82) is 0 Å². The Balaban J connectivity index is 1.49. The van der Waals surface area contributed by atoms with Gasteiger partial charge in [0.2, 0.25) is 5.95 Å². The molecule has 0 aliphatic rings. The Morgan fingerprint density at radius 1 is 1.11 bits per heavy atom. The molecule has 0 bridgehead atoms. The molecular weight excluding hydrogens is 501 g/mol. The van der Waals surface area contributed by atoms with Gasteiger partial charge in [0, 0.05) is 30.1 Å². The van der Waals surface area contributed by atoms with Crippen LogP contribution in [0.2, 0.25) is 0 Å². The third-order valence-corrected chi connectivity index (χ3v) is 6.01. The molecule has 0 atom stereocenters. The van der Waals surface area contributed by atoms with Gasteiger partial charge in [-0.2, -0.15) is 18.3 Å². The lowest BCUT2D eigenvalue weighted by Gasteiger charge is -2.11. The number of alkyl halides is 3. The van der Waals surface area contributed by atoms with Crippen molar-refractivity contribution in [3.8, 4) is 11.1 Å². The molecule has 5 rings (SSSR count). The summed E-state index contributed by atoms with van der Waals surface area (Å²) in [6.07, 6.45) is -2.06. The van der Waals surface area contributed by atoms with E-state index in [1.54, 1.807) is 42.5 Å². The van der Waals surface area contributed by atoms with Gasteiger partial charge >= 0.3 is 6.18 Å². The molecule has 0 spiro atoms. The lowest BCUT2D eigenvalue weighted by atomic mass is 10.0. The average Bonchev–Trinajstić information content (AvgIpc) is 3.41. The lowest BCUT2D eigenvalue weighted by molar-refractivity contribution is -0.123. The van der Waals surface area contributed by atoms with Crippen molar-refractivity contribution in [2.24, 2.45) is 7.05 Å². The smallest absolute Gasteiger partial charge is 0.382 e. The molecule has 3 aromatic heterocycles. The molecule has 38 heavy (non-hydrogen) atoms. The number of anilines is 3. The Hall–Kier alpha value is -4.94. The zero-order valence-electron chi connectivity index (χ0n) is 20.2. The molecule has 13 heteroatoms. The number of imidazole rings is 1. The second-order valence-corrected chi connectivity index (χ2v) is 8.61. The maximum absolute atomic E-state index is 12.7. The summed E-state index contributed by atoms with van der Waals surface area (Å²) in [6.45, 7) is 0.0191. The fraction of sp³-hybridized carbons (Fsp3) is 0.160. The summed E-state index contributed by atoms with van der Waals surface area (Å²) in [5.41, 5.74) is 9.85. The Kier molecular flexibility index (Phi) is 5.97. The number of nitrogen functional groups attached to an aromatic ring is 1. The second-order valence-electron chi connectivity index (χ2n) is 8.61. The third kappa shape index (κ3) is 4.61. The molecule has 5 aromatic rings. The number of halogens is 3. The molecule has 194 valence electrons. The van der Waals surface area contributed by atoms with E-state index >= 15 is 0 Å². The summed E-state index contributed by atoms with van der Waals surface area (Å²) in [5.74, 6) is -0.368. The van der Waals surface area contributed by atoms with Gasteiger partial charge in [-0.25, -0.2) is 14.5 Å². The zero-order valence-corrected chi connectivity index (χ0v) is 20.2. The normalized spacial score (nSPS) is 11.7. The first-order valence-electron chi connectivity index (χ1n) is 11.3. The van der Waals surface area contributed by atoms with Gasteiger partial charge in [0.1, 0.15) is 18.4 Å². The van der Waals surface area contributed by atoms with E-state index in [0.29, 0.717) is 39.4 Å². The Labute approximate surface area is 213 Å². The van der Waals surface area contributed by atoms with Gasteiger partial charge in [0.25, 0.3) is 5.91 Å². The van der Waals surface area contributed by atoms with Crippen LogP contribution < -0.4 is 16.4 Å². The first kappa shape index (κ1) is 24.7. The predicted molar refractivity (Wildman–Crippen MR) is 135 cm³/mol. The van der Waals surface area contributed by atoms with Crippen molar-refractivity contribution < 1.29 is 22.8 Å².